The first-order valence-electron chi connectivity index (χ1n) is 9.15. The zero-order chi connectivity index (χ0) is 19.3. The van der Waals surface area contributed by atoms with Gasteiger partial charge in [0.05, 0.1) is 14.1 Å². The third-order valence-corrected chi connectivity index (χ3v) is 6.35. The summed E-state index contributed by atoms with van der Waals surface area (Å²) in [6.07, 6.45) is 2.14. The van der Waals surface area contributed by atoms with Crippen LogP contribution in [-0.2, 0) is 10.5 Å². The molecule has 0 N–H and O–H groups in total. The summed E-state index contributed by atoms with van der Waals surface area (Å²) < 4.78 is 1.49. The van der Waals surface area contributed by atoms with Gasteiger partial charge in [-0.1, -0.05) is 28.8 Å². The summed E-state index contributed by atoms with van der Waals surface area (Å²) in [7, 11) is 3.20. The maximum atomic E-state index is 12.8. The molecule has 0 saturated heterocycles. The molecule has 140 valence electrons. The molecule has 3 aliphatic rings. The molecule has 0 bridgehead atoms. The Morgan fingerprint density at radius 1 is 1.22 bits per heavy atom. The van der Waals surface area contributed by atoms with Crippen molar-refractivity contribution in [1.29, 1.82) is 0 Å². The summed E-state index contributed by atoms with van der Waals surface area (Å²) in [5.74, 6) is 1.54. The van der Waals surface area contributed by atoms with Crippen LogP contribution in [0.4, 0.5) is 4.79 Å². The van der Waals surface area contributed by atoms with Gasteiger partial charge in [-0.3, -0.25) is 4.79 Å². The molecule has 0 radical (unpaired) electrons. The van der Waals surface area contributed by atoms with Crippen molar-refractivity contribution < 1.29 is 14.2 Å². The van der Waals surface area contributed by atoms with Gasteiger partial charge < -0.3 is 0 Å². The van der Waals surface area contributed by atoms with E-state index in [-0.39, 0.29) is 11.9 Å². The minimum atomic E-state index is -0.588. The fourth-order valence-electron chi connectivity index (χ4n) is 3.34. The molecule has 1 aliphatic carbocycles. The quantitative estimate of drug-likeness (QED) is 0.754. The number of benzene rings is 1. The van der Waals surface area contributed by atoms with E-state index in [0.717, 1.165) is 29.5 Å². The lowest BCUT2D eigenvalue weighted by molar-refractivity contribution is -0.407. The summed E-state index contributed by atoms with van der Waals surface area (Å²) in [6.45, 7) is 4.17. The molecule has 1 fully saturated rings. The van der Waals surface area contributed by atoms with Gasteiger partial charge >= 0.3 is 11.9 Å². The first-order chi connectivity index (χ1) is 12.9. The maximum absolute atomic E-state index is 12.8. The summed E-state index contributed by atoms with van der Waals surface area (Å²) in [6, 6.07) is 6.06. The van der Waals surface area contributed by atoms with Gasteiger partial charge in [0.2, 0.25) is 5.84 Å². The highest BCUT2D eigenvalue weighted by molar-refractivity contribution is 8.13. The molecule has 1 unspecified atom stereocenters. The lowest BCUT2D eigenvalue weighted by Crippen LogP contribution is -2.54. The highest BCUT2D eigenvalue weighted by Gasteiger charge is 2.50. The number of hydrogen-bond donors (Lipinski definition) is 0. The van der Waals surface area contributed by atoms with Crippen molar-refractivity contribution in [3.8, 4) is 0 Å². The molecule has 1 aromatic rings. The minimum absolute atomic E-state index is 0.251. The lowest BCUT2D eigenvalue weighted by atomic mass is 10.0. The minimum Gasteiger partial charge on any atom is -0.255 e. The van der Waals surface area contributed by atoms with Crippen molar-refractivity contribution in [2.45, 2.75) is 32.4 Å². The topological polar surface area (TPSA) is 65.1 Å². The van der Waals surface area contributed by atoms with Crippen LogP contribution in [0.5, 0.6) is 0 Å². The van der Waals surface area contributed by atoms with Crippen molar-refractivity contribution in [2.24, 2.45) is 21.8 Å². The van der Waals surface area contributed by atoms with E-state index in [0.29, 0.717) is 11.8 Å². The van der Waals surface area contributed by atoms with Crippen LogP contribution in [0.25, 0.3) is 0 Å². The molecule has 7 heteroatoms. The molecule has 1 aromatic carbocycles. The number of rotatable bonds is 3. The Kier molecular flexibility index (Phi) is 4.50. The van der Waals surface area contributed by atoms with Crippen molar-refractivity contribution >= 4 is 40.4 Å². The number of hydrogen-bond acceptors (Lipinski definition) is 5. The third-order valence-electron chi connectivity index (χ3n) is 5.28. The molecule has 4 rings (SSSR count). The number of aliphatic imine (C=N–C) groups is 2. The standard InChI is InChI=1S/C20H23N4O2S/c1-11-5-6-12(2)14(9-11)10-27-18-15-17(21-16(22-18)13-7-8-13)23(3)20(26)24(4)19(15)25/h5-6,9,13,15H,7-8,10H2,1-4H3/q+1. The van der Waals surface area contributed by atoms with Crippen LogP contribution in [0.2, 0.25) is 0 Å². The van der Waals surface area contributed by atoms with Gasteiger partial charge in [0, 0.05) is 11.7 Å². The Bertz CT molecular complexity index is 943. The van der Waals surface area contributed by atoms with Crippen molar-refractivity contribution in [1.82, 2.24) is 4.90 Å². The predicted octanol–water partition coefficient (Wildman–Crippen LogP) is 3.01. The summed E-state index contributed by atoms with van der Waals surface area (Å²) in [5.41, 5.74) is 3.68. The van der Waals surface area contributed by atoms with E-state index in [4.69, 9.17) is 4.99 Å². The van der Waals surface area contributed by atoms with Crippen LogP contribution in [0.15, 0.2) is 28.2 Å². The second-order valence-electron chi connectivity index (χ2n) is 7.44. The molecule has 2 aliphatic heterocycles. The van der Waals surface area contributed by atoms with Gasteiger partial charge in [-0.05, 0) is 37.8 Å². The smallest absolute Gasteiger partial charge is 0.255 e. The molecule has 0 spiro atoms. The van der Waals surface area contributed by atoms with Gasteiger partial charge in [0.15, 0.2) is 5.92 Å². The molecule has 3 amide bonds. The van der Waals surface area contributed by atoms with Gasteiger partial charge in [-0.25, -0.2) is 9.79 Å². The molecule has 6 nitrogen and oxygen atoms in total. The SMILES string of the molecule is Cc1ccc(C)c(CSC2=NC(C3CC3)=NC3=[N+](C)C(=O)N(C)C(=O)C23)c1. The summed E-state index contributed by atoms with van der Waals surface area (Å²) >= 11 is 1.58. The average molecular weight is 383 g/mol. The number of thioether (sulfide) groups is 1. The highest BCUT2D eigenvalue weighted by atomic mass is 32.2. The second-order valence-corrected chi connectivity index (χ2v) is 8.44. The molecule has 1 atom stereocenters. The van der Waals surface area contributed by atoms with E-state index in [1.165, 1.54) is 33.2 Å². The van der Waals surface area contributed by atoms with Crippen LogP contribution in [0.1, 0.15) is 29.5 Å². The van der Waals surface area contributed by atoms with Gasteiger partial charge in [0.1, 0.15) is 5.04 Å². The van der Waals surface area contributed by atoms with Gasteiger partial charge in [0.25, 0.3) is 5.84 Å². The van der Waals surface area contributed by atoms with E-state index in [9.17, 15) is 9.59 Å². The van der Waals surface area contributed by atoms with Crippen LogP contribution in [0, 0.1) is 25.7 Å². The number of amidine groups is 2. The Morgan fingerprint density at radius 3 is 2.67 bits per heavy atom. The molecule has 1 saturated carbocycles. The Labute approximate surface area is 163 Å². The van der Waals surface area contributed by atoms with E-state index < -0.39 is 5.92 Å². The number of amides is 3. The van der Waals surface area contributed by atoms with E-state index in [2.05, 4.69) is 37.0 Å². The third kappa shape index (κ3) is 3.25. The summed E-state index contributed by atoms with van der Waals surface area (Å²) in [5, 5.41) is 0.749. The Morgan fingerprint density at radius 2 is 1.96 bits per heavy atom. The zero-order valence-corrected chi connectivity index (χ0v) is 16.8. The number of aryl methyl sites for hydroxylation is 2. The normalized spacial score (nSPS) is 22.7. The largest absolute Gasteiger partial charge is 0.445 e. The van der Waals surface area contributed by atoms with Crippen LogP contribution in [0.3, 0.4) is 0 Å². The van der Waals surface area contributed by atoms with Crippen LogP contribution < -0.4 is 0 Å². The molecular weight excluding hydrogens is 360 g/mol. The first kappa shape index (κ1) is 18.1. The van der Waals surface area contributed by atoms with Crippen molar-refractivity contribution in [3.05, 3.63) is 34.9 Å². The molecule has 27 heavy (non-hydrogen) atoms. The van der Waals surface area contributed by atoms with Gasteiger partial charge in [-0.2, -0.15) is 9.48 Å². The van der Waals surface area contributed by atoms with Gasteiger partial charge in [-0.15, -0.1) is 11.8 Å². The van der Waals surface area contributed by atoms with Crippen LogP contribution >= 0.6 is 11.8 Å². The Hall–Kier alpha value is -2.28. The van der Waals surface area contributed by atoms with E-state index in [1.54, 1.807) is 18.8 Å². The lowest BCUT2D eigenvalue weighted by Gasteiger charge is -2.26. The molecular formula is C20H23N4O2S+. The number of fused-ring (bicyclic) bond motifs is 1. The number of urea groups is 1. The number of imide groups is 1. The molecule has 2 heterocycles. The molecule has 0 aromatic heterocycles. The van der Waals surface area contributed by atoms with Crippen molar-refractivity contribution in [3.63, 3.8) is 0 Å². The highest BCUT2D eigenvalue weighted by Crippen LogP contribution is 2.36. The van der Waals surface area contributed by atoms with E-state index >= 15 is 0 Å². The van der Waals surface area contributed by atoms with E-state index in [1.807, 2.05) is 0 Å². The first-order valence-corrected chi connectivity index (χ1v) is 10.1. The summed E-state index contributed by atoms with van der Waals surface area (Å²) in [4.78, 5) is 35.7. The Balaban J connectivity index is 1.69. The maximum Gasteiger partial charge on any atom is 0.445 e. The second kappa shape index (κ2) is 6.71. The number of carbonyl (C=O) groups excluding carboxylic acids is 2. The number of nitrogens with zero attached hydrogens (tertiary/aromatic N) is 4. The monoisotopic (exact) mass is 383 g/mol. The zero-order valence-electron chi connectivity index (χ0n) is 16.0. The number of carbonyl (C=O) groups is 2. The fraction of sp³-hybridized carbons (Fsp3) is 0.450. The van der Waals surface area contributed by atoms with Crippen molar-refractivity contribution in [2.75, 3.05) is 14.1 Å². The predicted molar refractivity (Wildman–Crippen MR) is 108 cm³/mol. The van der Waals surface area contributed by atoms with Crippen LogP contribution in [-0.4, -0.2) is 52.2 Å². The average Bonchev–Trinajstić information content (AvgIpc) is 3.50. The fourth-order valence-corrected chi connectivity index (χ4v) is 4.48.